The van der Waals surface area contributed by atoms with E-state index in [9.17, 15) is 0 Å². The lowest BCUT2D eigenvalue weighted by atomic mass is 10.1. The summed E-state index contributed by atoms with van der Waals surface area (Å²) in [6, 6.07) is 18.6. The molecule has 0 saturated heterocycles. The third kappa shape index (κ3) is 3.90. The summed E-state index contributed by atoms with van der Waals surface area (Å²) in [5, 5.41) is 3.32. The Bertz CT molecular complexity index is 815. The molecule has 0 saturated carbocycles. The van der Waals surface area contributed by atoms with Crippen molar-refractivity contribution in [3.05, 3.63) is 77.5 Å². The third-order valence-corrected chi connectivity index (χ3v) is 3.93. The van der Waals surface area contributed by atoms with Gasteiger partial charge in [0, 0.05) is 25.5 Å². The zero-order valence-corrected chi connectivity index (χ0v) is 14.3. The molecule has 1 heterocycles. The van der Waals surface area contributed by atoms with Gasteiger partial charge in [0.2, 0.25) is 5.95 Å². The Morgan fingerprint density at radius 2 is 1.79 bits per heavy atom. The molecule has 4 nitrogen and oxygen atoms in total. The van der Waals surface area contributed by atoms with E-state index in [1.54, 1.807) is 6.20 Å². The summed E-state index contributed by atoms with van der Waals surface area (Å²) in [6.45, 7) is 4.96. The molecule has 0 aliphatic rings. The molecule has 3 aromatic rings. The Morgan fingerprint density at radius 3 is 2.58 bits per heavy atom. The molecule has 1 aromatic heterocycles. The Hall–Kier alpha value is -2.88. The summed E-state index contributed by atoms with van der Waals surface area (Å²) >= 11 is 0. The average molecular weight is 318 g/mol. The van der Waals surface area contributed by atoms with Crippen LogP contribution in [0.2, 0.25) is 0 Å². The van der Waals surface area contributed by atoms with Gasteiger partial charge in [-0.3, -0.25) is 0 Å². The molecule has 0 aliphatic heterocycles. The van der Waals surface area contributed by atoms with Gasteiger partial charge in [-0.05, 0) is 42.7 Å². The standard InChI is InChI=1S/C20H22N4/c1-15-9-10-16(2)18(13-15)22-20-21-12-11-19(23-20)24(3)14-17-7-5-4-6-8-17/h4-13H,14H2,1-3H3,(H,21,22,23). The molecule has 122 valence electrons. The van der Waals surface area contributed by atoms with E-state index in [4.69, 9.17) is 0 Å². The maximum absolute atomic E-state index is 4.64. The van der Waals surface area contributed by atoms with Crippen LogP contribution in [0, 0.1) is 13.8 Å². The topological polar surface area (TPSA) is 41.1 Å². The van der Waals surface area contributed by atoms with E-state index in [-0.39, 0.29) is 0 Å². The number of nitrogens with zero attached hydrogens (tertiary/aromatic N) is 3. The van der Waals surface area contributed by atoms with Gasteiger partial charge in [-0.25, -0.2) is 4.98 Å². The maximum Gasteiger partial charge on any atom is 0.229 e. The van der Waals surface area contributed by atoms with Gasteiger partial charge in [0.05, 0.1) is 0 Å². The molecule has 24 heavy (non-hydrogen) atoms. The summed E-state index contributed by atoms with van der Waals surface area (Å²) in [5.41, 5.74) is 4.67. The smallest absolute Gasteiger partial charge is 0.229 e. The van der Waals surface area contributed by atoms with E-state index in [0.717, 1.165) is 18.1 Å². The second kappa shape index (κ2) is 7.13. The number of hydrogen-bond donors (Lipinski definition) is 1. The van der Waals surface area contributed by atoms with Crippen LogP contribution in [-0.2, 0) is 6.54 Å². The van der Waals surface area contributed by atoms with Crippen LogP contribution in [0.4, 0.5) is 17.5 Å². The van der Waals surface area contributed by atoms with E-state index in [1.165, 1.54) is 16.7 Å². The minimum atomic E-state index is 0.612. The molecule has 0 unspecified atom stereocenters. The molecule has 4 heteroatoms. The van der Waals surface area contributed by atoms with E-state index in [0.29, 0.717) is 5.95 Å². The lowest BCUT2D eigenvalue weighted by molar-refractivity contribution is 0.893. The molecule has 0 aliphatic carbocycles. The normalized spacial score (nSPS) is 10.5. The van der Waals surface area contributed by atoms with Gasteiger partial charge in [0.25, 0.3) is 0 Å². The van der Waals surface area contributed by atoms with Crippen molar-refractivity contribution in [2.75, 3.05) is 17.3 Å². The molecule has 0 spiro atoms. The highest BCUT2D eigenvalue weighted by Crippen LogP contribution is 2.21. The Balaban J connectivity index is 1.77. The fourth-order valence-electron chi connectivity index (χ4n) is 2.55. The maximum atomic E-state index is 4.64. The molecule has 0 bridgehead atoms. The van der Waals surface area contributed by atoms with Crippen LogP contribution in [0.25, 0.3) is 0 Å². The minimum Gasteiger partial charge on any atom is -0.355 e. The zero-order chi connectivity index (χ0) is 16.9. The number of benzene rings is 2. The first kappa shape index (κ1) is 16.0. The quantitative estimate of drug-likeness (QED) is 0.753. The number of nitrogens with one attached hydrogen (secondary N) is 1. The first-order valence-electron chi connectivity index (χ1n) is 8.04. The second-order valence-electron chi connectivity index (χ2n) is 6.02. The van der Waals surface area contributed by atoms with Crippen molar-refractivity contribution in [1.29, 1.82) is 0 Å². The number of aryl methyl sites for hydroxylation is 2. The van der Waals surface area contributed by atoms with Crippen LogP contribution in [-0.4, -0.2) is 17.0 Å². The monoisotopic (exact) mass is 318 g/mol. The zero-order valence-electron chi connectivity index (χ0n) is 14.3. The van der Waals surface area contributed by atoms with Gasteiger partial charge in [-0.1, -0.05) is 42.5 Å². The highest BCUT2D eigenvalue weighted by Gasteiger charge is 2.07. The first-order chi connectivity index (χ1) is 11.6. The van der Waals surface area contributed by atoms with Gasteiger partial charge in [0.15, 0.2) is 0 Å². The van der Waals surface area contributed by atoms with E-state index < -0.39 is 0 Å². The number of rotatable bonds is 5. The van der Waals surface area contributed by atoms with Crippen molar-refractivity contribution in [2.24, 2.45) is 0 Å². The van der Waals surface area contributed by atoms with Crippen molar-refractivity contribution in [2.45, 2.75) is 20.4 Å². The van der Waals surface area contributed by atoms with Crippen molar-refractivity contribution in [1.82, 2.24) is 9.97 Å². The second-order valence-corrected chi connectivity index (χ2v) is 6.02. The summed E-state index contributed by atoms with van der Waals surface area (Å²) in [4.78, 5) is 11.1. The molecule has 0 radical (unpaired) electrons. The van der Waals surface area contributed by atoms with Gasteiger partial charge in [0.1, 0.15) is 5.82 Å². The van der Waals surface area contributed by atoms with Crippen molar-refractivity contribution >= 4 is 17.5 Å². The predicted octanol–water partition coefficient (Wildman–Crippen LogP) is 4.47. The van der Waals surface area contributed by atoms with Gasteiger partial charge in [-0.2, -0.15) is 4.98 Å². The van der Waals surface area contributed by atoms with Crippen LogP contribution in [0.1, 0.15) is 16.7 Å². The third-order valence-electron chi connectivity index (χ3n) is 3.93. The molecular formula is C20H22N4. The summed E-state index contributed by atoms with van der Waals surface area (Å²) < 4.78 is 0. The lowest BCUT2D eigenvalue weighted by Crippen LogP contribution is -2.18. The van der Waals surface area contributed by atoms with Crippen LogP contribution in [0.5, 0.6) is 0 Å². The Morgan fingerprint density at radius 1 is 1.00 bits per heavy atom. The molecular weight excluding hydrogens is 296 g/mol. The van der Waals surface area contributed by atoms with Crippen molar-refractivity contribution in [3.63, 3.8) is 0 Å². The molecule has 1 N–H and O–H groups in total. The molecule has 0 atom stereocenters. The van der Waals surface area contributed by atoms with E-state index >= 15 is 0 Å². The number of anilines is 3. The Kier molecular flexibility index (Phi) is 4.75. The van der Waals surface area contributed by atoms with Gasteiger partial charge in [-0.15, -0.1) is 0 Å². The lowest BCUT2D eigenvalue weighted by Gasteiger charge is -2.19. The fourth-order valence-corrected chi connectivity index (χ4v) is 2.55. The van der Waals surface area contributed by atoms with Gasteiger partial charge >= 0.3 is 0 Å². The van der Waals surface area contributed by atoms with Crippen LogP contribution in [0.3, 0.4) is 0 Å². The van der Waals surface area contributed by atoms with Crippen LogP contribution < -0.4 is 10.2 Å². The summed E-state index contributed by atoms with van der Waals surface area (Å²) in [5.74, 6) is 1.50. The van der Waals surface area contributed by atoms with E-state index in [1.807, 2.05) is 19.2 Å². The van der Waals surface area contributed by atoms with Crippen LogP contribution in [0.15, 0.2) is 60.8 Å². The Labute approximate surface area is 143 Å². The van der Waals surface area contributed by atoms with Crippen molar-refractivity contribution in [3.8, 4) is 0 Å². The van der Waals surface area contributed by atoms with Gasteiger partial charge < -0.3 is 10.2 Å². The predicted molar refractivity (Wildman–Crippen MR) is 99.8 cm³/mol. The highest BCUT2D eigenvalue weighted by molar-refractivity contribution is 5.60. The highest BCUT2D eigenvalue weighted by atomic mass is 15.2. The first-order valence-corrected chi connectivity index (χ1v) is 8.04. The largest absolute Gasteiger partial charge is 0.355 e. The van der Waals surface area contributed by atoms with Crippen molar-refractivity contribution < 1.29 is 0 Å². The molecule has 0 amide bonds. The summed E-state index contributed by atoms with van der Waals surface area (Å²) in [6.07, 6.45) is 1.79. The minimum absolute atomic E-state index is 0.612. The molecule has 2 aromatic carbocycles. The number of aromatic nitrogens is 2. The fraction of sp³-hybridized carbons (Fsp3) is 0.200. The molecule has 0 fully saturated rings. The number of hydrogen-bond acceptors (Lipinski definition) is 4. The van der Waals surface area contributed by atoms with Crippen LogP contribution >= 0.6 is 0 Å². The van der Waals surface area contributed by atoms with E-state index in [2.05, 4.69) is 76.5 Å². The summed E-state index contributed by atoms with van der Waals surface area (Å²) in [7, 11) is 2.04. The SMILES string of the molecule is Cc1ccc(C)c(Nc2nccc(N(C)Cc3ccccc3)n2)c1. The average Bonchev–Trinajstić information content (AvgIpc) is 2.59. The molecule has 3 rings (SSSR count).